The van der Waals surface area contributed by atoms with Gasteiger partial charge in [-0.25, -0.2) is 4.98 Å². The van der Waals surface area contributed by atoms with Crippen molar-refractivity contribution in [3.05, 3.63) is 48.5 Å². The molecule has 1 fully saturated rings. The number of nitrogens with zero attached hydrogens (tertiary/aromatic N) is 2. The molecule has 3 nitrogen and oxygen atoms in total. The summed E-state index contributed by atoms with van der Waals surface area (Å²) in [4.78, 5) is 4.13. The van der Waals surface area contributed by atoms with E-state index in [-0.39, 0.29) is 0 Å². The van der Waals surface area contributed by atoms with Crippen LogP contribution in [0.25, 0.3) is 0 Å². The van der Waals surface area contributed by atoms with Gasteiger partial charge in [-0.1, -0.05) is 19.1 Å². The second-order valence-corrected chi connectivity index (χ2v) is 9.56. The van der Waals surface area contributed by atoms with E-state index in [1.54, 1.807) is 7.11 Å². The summed E-state index contributed by atoms with van der Waals surface area (Å²) in [7, 11) is 1.72. The fourth-order valence-electron chi connectivity index (χ4n) is 3.02. The molecule has 23 heavy (non-hydrogen) atoms. The maximum Gasteiger partial charge on any atom is 0.118 e. The summed E-state index contributed by atoms with van der Waals surface area (Å²) >= 11 is 4.31. The number of rotatable bonds is 7. The van der Waals surface area contributed by atoms with E-state index in [9.17, 15) is 0 Å². The topological polar surface area (TPSA) is 27.1 Å². The minimum absolute atomic E-state index is 0.314. The molecule has 1 aliphatic heterocycles. The number of thioether (sulfide) groups is 2. The van der Waals surface area contributed by atoms with Crippen molar-refractivity contribution in [3.63, 3.8) is 0 Å². The Morgan fingerprint density at radius 1 is 1.35 bits per heavy atom. The molecule has 0 amide bonds. The van der Waals surface area contributed by atoms with Crippen LogP contribution in [0.5, 0.6) is 5.75 Å². The number of hydrogen-bond donors (Lipinski definition) is 0. The van der Waals surface area contributed by atoms with E-state index in [0.717, 1.165) is 24.0 Å². The molecule has 0 N–H and O–H groups in total. The zero-order chi connectivity index (χ0) is 16.1. The average molecular weight is 349 g/mol. The number of imidazole rings is 1. The van der Waals surface area contributed by atoms with E-state index in [2.05, 4.69) is 64.3 Å². The van der Waals surface area contributed by atoms with E-state index in [1.807, 2.05) is 18.7 Å². The molecule has 2 unspecified atom stereocenters. The number of aromatic nitrogens is 2. The van der Waals surface area contributed by atoms with Crippen molar-refractivity contribution in [2.24, 2.45) is 0 Å². The predicted molar refractivity (Wildman–Crippen MR) is 100 cm³/mol. The van der Waals surface area contributed by atoms with Crippen LogP contribution in [0.15, 0.2) is 43.0 Å². The second kappa shape index (κ2) is 7.67. The van der Waals surface area contributed by atoms with E-state index < -0.39 is 0 Å². The average Bonchev–Trinajstić information content (AvgIpc) is 3.19. The highest BCUT2D eigenvalue weighted by Gasteiger charge is 2.38. The molecule has 0 bridgehead atoms. The molecule has 1 aromatic carbocycles. The quantitative estimate of drug-likeness (QED) is 0.737. The van der Waals surface area contributed by atoms with Crippen molar-refractivity contribution < 1.29 is 4.74 Å². The fraction of sp³-hybridized carbons (Fsp3) is 0.500. The summed E-state index contributed by atoms with van der Waals surface area (Å²) in [5.41, 5.74) is 1.41. The summed E-state index contributed by atoms with van der Waals surface area (Å²) in [6, 6.07) is 8.56. The van der Waals surface area contributed by atoms with Crippen LogP contribution in [0.2, 0.25) is 0 Å². The molecule has 5 heteroatoms. The lowest BCUT2D eigenvalue weighted by molar-refractivity contribution is 0.414. The van der Waals surface area contributed by atoms with Gasteiger partial charge in [0.15, 0.2) is 0 Å². The molecular weight excluding hydrogens is 324 g/mol. The van der Waals surface area contributed by atoms with E-state index >= 15 is 0 Å². The molecule has 0 spiro atoms. The fourth-order valence-corrected chi connectivity index (χ4v) is 6.81. The summed E-state index contributed by atoms with van der Waals surface area (Å²) in [5, 5.41) is 0.742. The standard InChI is InChI=1S/C18H24N2OS2/c1-15-13-22-18(23-15,8-3-10-20-11-9-19-14-20)12-16-4-6-17(21-2)7-5-16/h4-7,9,11,14-15H,3,8,10,12-13H2,1-2H3. The molecule has 3 rings (SSSR count). The van der Waals surface area contributed by atoms with Crippen molar-refractivity contribution in [1.29, 1.82) is 0 Å². The Hall–Kier alpha value is -1.07. The van der Waals surface area contributed by atoms with Crippen LogP contribution in [0, 0.1) is 0 Å². The van der Waals surface area contributed by atoms with Gasteiger partial charge in [-0.15, -0.1) is 23.5 Å². The van der Waals surface area contributed by atoms with Crippen LogP contribution in [0.3, 0.4) is 0 Å². The van der Waals surface area contributed by atoms with Gasteiger partial charge in [-0.2, -0.15) is 0 Å². The van der Waals surface area contributed by atoms with E-state index in [0.29, 0.717) is 4.08 Å². The third kappa shape index (κ3) is 4.48. The first-order valence-corrected chi connectivity index (χ1v) is 9.96. The van der Waals surface area contributed by atoms with E-state index in [1.165, 1.54) is 24.2 Å². The van der Waals surface area contributed by atoms with Gasteiger partial charge >= 0.3 is 0 Å². The number of methoxy groups -OCH3 is 1. The Morgan fingerprint density at radius 2 is 2.17 bits per heavy atom. The van der Waals surface area contributed by atoms with Crippen molar-refractivity contribution in [2.75, 3.05) is 12.9 Å². The molecule has 1 saturated heterocycles. The first-order valence-electron chi connectivity index (χ1n) is 8.09. The van der Waals surface area contributed by atoms with Gasteiger partial charge in [0.1, 0.15) is 5.75 Å². The predicted octanol–water partition coefficient (Wildman–Crippen LogP) is 4.48. The molecule has 2 atom stereocenters. The molecule has 0 saturated carbocycles. The van der Waals surface area contributed by atoms with Crippen LogP contribution >= 0.6 is 23.5 Å². The maximum atomic E-state index is 5.27. The first kappa shape index (κ1) is 16.8. The smallest absolute Gasteiger partial charge is 0.118 e. The van der Waals surface area contributed by atoms with Crippen LogP contribution in [0.1, 0.15) is 25.3 Å². The van der Waals surface area contributed by atoms with Gasteiger partial charge in [0.05, 0.1) is 17.5 Å². The van der Waals surface area contributed by atoms with Crippen LogP contribution in [0.4, 0.5) is 0 Å². The Kier molecular flexibility index (Phi) is 5.59. The molecule has 1 aromatic heterocycles. The lowest BCUT2D eigenvalue weighted by Gasteiger charge is -2.28. The minimum Gasteiger partial charge on any atom is -0.497 e. The van der Waals surface area contributed by atoms with Crippen molar-refractivity contribution in [1.82, 2.24) is 9.55 Å². The van der Waals surface area contributed by atoms with Crippen molar-refractivity contribution in [3.8, 4) is 5.75 Å². The number of aryl methyl sites for hydroxylation is 1. The first-order chi connectivity index (χ1) is 11.2. The normalized spacial score (nSPS) is 24.0. The van der Waals surface area contributed by atoms with Crippen molar-refractivity contribution >= 4 is 23.5 Å². The second-order valence-electron chi connectivity index (χ2n) is 6.08. The van der Waals surface area contributed by atoms with E-state index in [4.69, 9.17) is 4.74 Å². The highest BCUT2D eigenvalue weighted by atomic mass is 32.2. The summed E-state index contributed by atoms with van der Waals surface area (Å²) in [6.07, 6.45) is 9.37. The van der Waals surface area contributed by atoms with Crippen LogP contribution in [-0.4, -0.2) is 31.7 Å². The third-order valence-corrected chi connectivity index (χ3v) is 7.90. The number of hydrogen-bond acceptors (Lipinski definition) is 4. The highest BCUT2D eigenvalue weighted by molar-refractivity contribution is 8.21. The summed E-state index contributed by atoms with van der Waals surface area (Å²) < 4.78 is 7.76. The molecule has 0 radical (unpaired) electrons. The van der Waals surface area contributed by atoms with Crippen molar-refractivity contribution in [2.45, 2.75) is 42.1 Å². The summed E-state index contributed by atoms with van der Waals surface area (Å²) in [6.45, 7) is 3.41. The molecule has 0 aliphatic carbocycles. The Labute approximate surface area is 147 Å². The van der Waals surface area contributed by atoms with Gasteiger partial charge in [0, 0.05) is 29.9 Å². The number of ether oxygens (including phenoxy) is 1. The zero-order valence-corrected chi connectivity index (χ0v) is 15.4. The monoisotopic (exact) mass is 348 g/mol. The molecule has 2 aromatic rings. The van der Waals surface area contributed by atoms with Gasteiger partial charge in [0.25, 0.3) is 0 Å². The Balaban J connectivity index is 1.63. The van der Waals surface area contributed by atoms with Gasteiger partial charge in [-0.05, 0) is 37.0 Å². The SMILES string of the molecule is COc1ccc(CC2(CCCn3ccnc3)SCC(C)S2)cc1. The summed E-state index contributed by atoms with van der Waals surface area (Å²) in [5.74, 6) is 2.19. The largest absolute Gasteiger partial charge is 0.497 e. The lowest BCUT2D eigenvalue weighted by atomic mass is 10.1. The van der Waals surface area contributed by atoms with Crippen LogP contribution < -0.4 is 4.74 Å². The molecular formula is C18H24N2OS2. The van der Waals surface area contributed by atoms with Gasteiger partial charge in [0.2, 0.25) is 0 Å². The highest BCUT2D eigenvalue weighted by Crippen LogP contribution is 2.52. The lowest BCUT2D eigenvalue weighted by Crippen LogP contribution is -2.21. The maximum absolute atomic E-state index is 5.27. The third-order valence-electron chi connectivity index (χ3n) is 4.16. The minimum atomic E-state index is 0.314. The Bertz CT molecular complexity index is 600. The molecule has 1 aliphatic rings. The van der Waals surface area contributed by atoms with Gasteiger partial charge < -0.3 is 9.30 Å². The van der Waals surface area contributed by atoms with Crippen LogP contribution in [-0.2, 0) is 13.0 Å². The molecule has 2 heterocycles. The Morgan fingerprint density at radius 3 is 2.78 bits per heavy atom. The zero-order valence-electron chi connectivity index (χ0n) is 13.8. The molecule has 124 valence electrons. The van der Waals surface area contributed by atoms with Gasteiger partial charge in [-0.3, -0.25) is 0 Å². The number of benzene rings is 1.